The highest BCUT2D eigenvalue weighted by Gasteiger charge is 2.08. The largest absolute Gasteiger partial charge is 0.323 e. The van der Waals surface area contributed by atoms with Crippen molar-refractivity contribution < 1.29 is 9.59 Å². The SMILES string of the molecule is Cc1ccccc1C(=O)Nc1ccc(NC(=O)/C=C/c2ccccc2Cl)cc1. The Morgan fingerprint density at radius 2 is 1.43 bits per heavy atom. The molecule has 0 fully saturated rings. The number of rotatable bonds is 5. The molecule has 0 aliphatic rings. The molecule has 140 valence electrons. The van der Waals surface area contributed by atoms with Gasteiger partial charge in [-0.1, -0.05) is 48.0 Å². The van der Waals surface area contributed by atoms with Crippen molar-refractivity contribution in [3.05, 3.63) is 101 Å². The van der Waals surface area contributed by atoms with Crippen molar-refractivity contribution >= 4 is 40.9 Å². The van der Waals surface area contributed by atoms with Gasteiger partial charge < -0.3 is 10.6 Å². The van der Waals surface area contributed by atoms with Crippen LogP contribution in [0.5, 0.6) is 0 Å². The lowest BCUT2D eigenvalue weighted by Gasteiger charge is -2.08. The van der Waals surface area contributed by atoms with E-state index in [1.54, 1.807) is 42.5 Å². The highest BCUT2D eigenvalue weighted by molar-refractivity contribution is 6.32. The van der Waals surface area contributed by atoms with Crippen molar-refractivity contribution in [3.63, 3.8) is 0 Å². The summed E-state index contributed by atoms with van der Waals surface area (Å²) in [5.74, 6) is -0.436. The number of nitrogens with one attached hydrogen (secondary N) is 2. The van der Waals surface area contributed by atoms with Crippen LogP contribution in [0.25, 0.3) is 6.08 Å². The summed E-state index contributed by atoms with van der Waals surface area (Å²) in [5.41, 5.74) is 3.59. The van der Waals surface area contributed by atoms with Gasteiger partial charge in [-0.25, -0.2) is 0 Å². The van der Waals surface area contributed by atoms with Gasteiger partial charge in [0, 0.05) is 28.0 Å². The van der Waals surface area contributed by atoms with E-state index in [1.807, 2.05) is 43.3 Å². The van der Waals surface area contributed by atoms with Crippen LogP contribution >= 0.6 is 11.6 Å². The third-order valence-corrected chi connectivity index (χ3v) is 4.46. The van der Waals surface area contributed by atoms with E-state index in [0.29, 0.717) is 22.0 Å². The molecule has 0 aliphatic heterocycles. The van der Waals surface area contributed by atoms with Crippen molar-refractivity contribution in [2.24, 2.45) is 0 Å². The molecule has 2 amide bonds. The number of hydrogen-bond acceptors (Lipinski definition) is 2. The number of carbonyl (C=O) groups excluding carboxylic acids is 2. The van der Waals surface area contributed by atoms with Crippen molar-refractivity contribution in [2.45, 2.75) is 6.92 Å². The molecule has 3 aromatic rings. The first-order valence-corrected chi connectivity index (χ1v) is 9.11. The smallest absolute Gasteiger partial charge is 0.255 e. The van der Waals surface area contributed by atoms with Crippen LogP contribution in [0, 0.1) is 6.92 Å². The third kappa shape index (κ3) is 5.09. The summed E-state index contributed by atoms with van der Waals surface area (Å²) in [6.45, 7) is 1.89. The average molecular weight is 391 g/mol. The minimum atomic E-state index is -0.267. The first-order valence-electron chi connectivity index (χ1n) is 8.73. The molecule has 0 spiro atoms. The van der Waals surface area contributed by atoms with Crippen molar-refractivity contribution in [1.82, 2.24) is 0 Å². The van der Waals surface area contributed by atoms with Gasteiger partial charge in [0.05, 0.1) is 0 Å². The number of halogens is 1. The van der Waals surface area contributed by atoms with E-state index < -0.39 is 0 Å². The summed E-state index contributed by atoms with van der Waals surface area (Å²) >= 11 is 6.06. The second-order valence-corrected chi connectivity index (χ2v) is 6.60. The van der Waals surface area contributed by atoms with Gasteiger partial charge in [-0.2, -0.15) is 0 Å². The lowest BCUT2D eigenvalue weighted by molar-refractivity contribution is -0.111. The fourth-order valence-corrected chi connectivity index (χ4v) is 2.82. The topological polar surface area (TPSA) is 58.2 Å². The van der Waals surface area contributed by atoms with Gasteiger partial charge in [-0.3, -0.25) is 9.59 Å². The zero-order chi connectivity index (χ0) is 19.9. The molecule has 3 rings (SSSR count). The third-order valence-electron chi connectivity index (χ3n) is 4.12. The van der Waals surface area contributed by atoms with Gasteiger partial charge in [-0.05, 0) is 60.5 Å². The zero-order valence-electron chi connectivity index (χ0n) is 15.3. The summed E-state index contributed by atoms with van der Waals surface area (Å²) in [5, 5.41) is 6.21. The summed E-state index contributed by atoms with van der Waals surface area (Å²) in [7, 11) is 0. The molecule has 0 atom stereocenters. The van der Waals surface area contributed by atoms with Crippen molar-refractivity contribution in [3.8, 4) is 0 Å². The molecule has 0 aromatic heterocycles. The molecular weight excluding hydrogens is 372 g/mol. The van der Waals surface area contributed by atoms with Gasteiger partial charge in [0.2, 0.25) is 5.91 Å². The Bertz CT molecular complexity index is 1030. The van der Waals surface area contributed by atoms with E-state index in [4.69, 9.17) is 11.6 Å². The number of hydrogen-bond donors (Lipinski definition) is 2. The minimum Gasteiger partial charge on any atom is -0.323 e. The maximum Gasteiger partial charge on any atom is 0.255 e. The van der Waals surface area contributed by atoms with Crippen LogP contribution in [-0.2, 0) is 4.79 Å². The van der Waals surface area contributed by atoms with E-state index in [9.17, 15) is 9.59 Å². The zero-order valence-corrected chi connectivity index (χ0v) is 16.0. The van der Waals surface area contributed by atoms with Crippen LogP contribution in [0.4, 0.5) is 11.4 Å². The second-order valence-electron chi connectivity index (χ2n) is 6.19. The van der Waals surface area contributed by atoms with Crippen LogP contribution in [0.1, 0.15) is 21.5 Å². The Morgan fingerprint density at radius 3 is 2.11 bits per heavy atom. The van der Waals surface area contributed by atoms with E-state index >= 15 is 0 Å². The molecule has 4 nitrogen and oxygen atoms in total. The van der Waals surface area contributed by atoms with Crippen molar-refractivity contribution in [2.75, 3.05) is 10.6 Å². The van der Waals surface area contributed by atoms with Crippen LogP contribution in [0.15, 0.2) is 78.9 Å². The highest BCUT2D eigenvalue weighted by atomic mass is 35.5. The Balaban J connectivity index is 1.60. The summed E-state index contributed by atoms with van der Waals surface area (Å²) in [6.07, 6.45) is 3.09. The summed E-state index contributed by atoms with van der Waals surface area (Å²) in [4.78, 5) is 24.4. The molecule has 0 bridgehead atoms. The van der Waals surface area contributed by atoms with Gasteiger partial charge in [0.1, 0.15) is 0 Å². The number of amides is 2. The second kappa shape index (κ2) is 9.02. The van der Waals surface area contributed by atoms with Crippen LogP contribution in [0.3, 0.4) is 0 Å². The Labute approximate surface area is 168 Å². The van der Waals surface area contributed by atoms with Crippen LogP contribution < -0.4 is 10.6 Å². The average Bonchev–Trinajstić information content (AvgIpc) is 2.69. The van der Waals surface area contributed by atoms with E-state index in [2.05, 4.69) is 10.6 Å². The molecule has 2 N–H and O–H groups in total. The summed E-state index contributed by atoms with van der Waals surface area (Å²) in [6, 6.07) is 21.6. The van der Waals surface area contributed by atoms with Gasteiger partial charge >= 0.3 is 0 Å². The monoisotopic (exact) mass is 390 g/mol. The maximum absolute atomic E-state index is 12.3. The maximum atomic E-state index is 12.3. The van der Waals surface area contributed by atoms with Crippen LogP contribution in [-0.4, -0.2) is 11.8 Å². The lowest BCUT2D eigenvalue weighted by Crippen LogP contribution is -2.13. The van der Waals surface area contributed by atoms with Crippen LogP contribution in [0.2, 0.25) is 5.02 Å². The van der Waals surface area contributed by atoms with E-state index in [0.717, 1.165) is 11.1 Å². The molecule has 3 aromatic carbocycles. The van der Waals surface area contributed by atoms with Gasteiger partial charge in [-0.15, -0.1) is 0 Å². The predicted molar refractivity (Wildman–Crippen MR) is 115 cm³/mol. The molecular formula is C23H19ClN2O2. The molecule has 0 saturated heterocycles. The number of anilines is 2. The Kier molecular flexibility index (Phi) is 6.25. The van der Waals surface area contributed by atoms with Gasteiger partial charge in [0.15, 0.2) is 0 Å². The quantitative estimate of drug-likeness (QED) is 0.561. The van der Waals surface area contributed by atoms with Crippen molar-refractivity contribution in [1.29, 1.82) is 0 Å². The fraction of sp³-hybridized carbons (Fsp3) is 0.0435. The number of benzene rings is 3. The van der Waals surface area contributed by atoms with Gasteiger partial charge in [0.25, 0.3) is 5.91 Å². The highest BCUT2D eigenvalue weighted by Crippen LogP contribution is 2.18. The predicted octanol–water partition coefficient (Wildman–Crippen LogP) is 5.55. The Morgan fingerprint density at radius 1 is 0.821 bits per heavy atom. The first kappa shape index (κ1) is 19.4. The fourth-order valence-electron chi connectivity index (χ4n) is 2.62. The Hall–Kier alpha value is -3.37. The molecule has 0 unspecified atom stereocenters. The number of carbonyl (C=O) groups is 2. The standard InChI is InChI=1S/C23H19ClN2O2/c1-16-6-2-4-8-20(16)23(28)26-19-13-11-18(12-14-19)25-22(27)15-10-17-7-3-5-9-21(17)24/h2-15H,1H3,(H,25,27)(H,26,28)/b15-10+. The summed E-state index contributed by atoms with van der Waals surface area (Å²) < 4.78 is 0. The normalized spacial score (nSPS) is 10.6. The van der Waals surface area contributed by atoms with E-state index in [1.165, 1.54) is 6.08 Å². The molecule has 5 heteroatoms. The molecule has 0 saturated carbocycles. The number of aryl methyl sites for hydroxylation is 1. The first-order chi connectivity index (χ1) is 13.5. The lowest BCUT2D eigenvalue weighted by atomic mass is 10.1. The molecule has 28 heavy (non-hydrogen) atoms. The molecule has 0 radical (unpaired) electrons. The minimum absolute atomic E-state index is 0.169. The van der Waals surface area contributed by atoms with E-state index in [-0.39, 0.29) is 11.8 Å². The molecule has 0 aliphatic carbocycles. The molecule has 0 heterocycles.